The van der Waals surface area contributed by atoms with Crippen molar-refractivity contribution in [2.24, 2.45) is 0 Å². The molecule has 1 aromatic carbocycles. The van der Waals surface area contributed by atoms with Crippen LogP contribution in [0.4, 0.5) is 0 Å². The Morgan fingerprint density at radius 1 is 1.42 bits per heavy atom. The Balaban J connectivity index is 2.09. The van der Waals surface area contributed by atoms with Crippen molar-refractivity contribution in [2.75, 3.05) is 6.61 Å². The average molecular weight is 162 g/mol. The first-order valence-corrected chi connectivity index (χ1v) is 3.99. The molecule has 2 nitrogen and oxygen atoms in total. The minimum Gasteiger partial charge on any atom is -0.361 e. The van der Waals surface area contributed by atoms with Crippen molar-refractivity contribution in [3.63, 3.8) is 0 Å². The Morgan fingerprint density at radius 3 is 2.58 bits per heavy atom. The van der Waals surface area contributed by atoms with Crippen molar-refractivity contribution in [1.82, 2.24) is 0 Å². The molecule has 0 bridgehead atoms. The molecule has 2 heteroatoms. The highest BCUT2D eigenvalue weighted by Gasteiger charge is 2.44. The normalized spacial score (nSPS) is 26.7. The molecule has 0 N–H and O–H groups in total. The summed E-state index contributed by atoms with van der Waals surface area (Å²) in [4.78, 5) is 10.6. The standard InChI is InChI=1S/C10H10O2/c11-7-10(8-12-10)6-9-4-2-1-3-5-9/h1-5,7H,6,8H2. The fourth-order valence-corrected chi connectivity index (χ4v) is 1.25. The maximum absolute atomic E-state index is 10.6. The number of carbonyl (C=O) groups excluding carboxylic acids is 1. The monoisotopic (exact) mass is 162 g/mol. The molecule has 1 atom stereocenters. The quantitative estimate of drug-likeness (QED) is 0.493. The molecule has 0 aliphatic carbocycles. The molecule has 0 amide bonds. The van der Waals surface area contributed by atoms with E-state index in [1.54, 1.807) is 0 Å². The summed E-state index contributed by atoms with van der Waals surface area (Å²) in [6, 6.07) is 9.91. The Morgan fingerprint density at radius 2 is 2.08 bits per heavy atom. The van der Waals surface area contributed by atoms with E-state index in [1.807, 2.05) is 30.3 Å². The fourth-order valence-electron chi connectivity index (χ4n) is 1.25. The number of hydrogen-bond acceptors (Lipinski definition) is 2. The zero-order chi connectivity index (χ0) is 8.44. The van der Waals surface area contributed by atoms with Gasteiger partial charge in [-0.25, -0.2) is 0 Å². The number of carbonyl (C=O) groups is 1. The maximum Gasteiger partial charge on any atom is 0.154 e. The lowest BCUT2D eigenvalue weighted by Crippen LogP contribution is -2.16. The second-order valence-corrected chi connectivity index (χ2v) is 3.13. The van der Waals surface area contributed by atoms with Crippen LogP contribution in [0.3, 0.4) is 0 Å². The van der Waals surface area contributed by atoms with Gasteiger partial charge in [-0.3, -0.25) is 0 Å². The zero-order valence-corrected chi connectivity index (χ0v) is 6.69. The van der Waals surface area contributed by atoms with Crippen molar-refractivity contribution in [3.8, 4) is 0 Å². The molecule has 1 aliphatic heterocycles. The molecule has 1 unspecified atom stereocenters. The molecule has 1 saturated heterocycles. The Hall–Kier alpha value is -1.15. The summed E-state index contributed by atoms with van der Waals surface area (Å²) in [7, 11) is 0. The van der Waals surface area contributed by atoms with Crippen LogP contribution in [0.1, 0.15) is 5.56 Å². The first-order chi connectivity index (χ1) is 5.85. The molecule has 0 saturated carbocycles. The molecule has 12 heavy (non-hydrogen) atoms. The third-order valence-electron chi connectivity index (χ3n) is 2.08. The van der Waals surface area contributed by atoms with Gasteiger partial charge in [0.1, 0.15) is 0 Å². The van der Waals surface area contributed by atoms with E-state index in [0.717, 1.165) is 11.8 Å². The van der Waals surface area contributed by atoms with Gasteiger partial charge in [-0.1, -0.05) is 30.3 Å². The van der Waals surface area contributed by atoms with Crippen molar-refractivity contribution in [2.45, 2.75) is 12.0 Å². The molecule has 2 rings (SSSR count). The Kier molecular flexibility index (Phi) is 1.70. The summed E-state index contributed by atoms with van der Waals surface area (Å²) in [6.07, 6.45) is 1.61. The predicted octanol–water partition coefficient (Wildman–Crippen LogP) is 1.20. The van der Waals surface area contributed by atoms with Crippen molar-refractivity contribution in [1.29, 1.82) is 0 Å². The second kappa shape index (κ2) is 2.72. The number of ether oxygens (including phenoxy) is 1. The Bertz CT molecular complexity index is 275. The van der Waals surface area contributed by atoms with Gasteiger partial charge in [0, 0.05) is 6.42 Å². The van der Waals surface area contributed by atoms with Crippen LogP contribution in [-0.2, 0) is 16.0 Å². The summed E-state index contributed by atoms with van der Waals surface area (Å²) >= 11 is 0. The van der Waals surface area contributed by atoms with Gasteiger partial charge < -0.3 is 9.53 Å². The first kappa shape index (κ1) is 7.50. The van der Waals surface area contributed by atoms with E-state index in [1.165, 1.54) is 0 Å². The smallest absolute Gasteiger partial charge is 0.154 e. The summed E-state index contributed by atoms with van der Waals surface area (Å²) in [5.41, 5.74) is 0.670. The molecule has 1 fully saturated rings. The van der Waals surface area contributed by atoms with Crippen LogP contribution in [0.15, 0.2) is 30.3 Å². The van der Waals surface area contributed by atoms with E-state index in [9.17, 15) is 4.79 Å². The molecule has 0 spiro atoms. The van der Waals surface area contributed by atoms with E-state index in [0.29, 0.717) is 13.0 Å². The molecule has 1 aromatic rings. The number of rotatable bonds is 3. The van der Waals surface area contributed by atoms with Gasteiger partial charge in [0.25, 0.3) is 0 Å². The van der Waals surface area contributed by atoms with Crippen LogP contribution < -0.4 is 0 Å². The lowest BCUT2D eigenvalue weighted by atomic mass is 10.0. The highest BCUT2D eigenvalue weighted by Crippen LogP contribution is 2.28. The molecule has 62 valence electrons. The lowest BCUT2D eigenvalue weighted by Gasteiger charge is -2.02. The van der Waals surface area contributed by atoms with Crippen LogP contribution >= 0.6 is 0 Å². The molecule has 1 heterocycles. The van der Waals surface area contributed by atoms with Gasteiger partial charge >= 0.3 is 0 Å². The first-order valence-electron chi connectivity index (χ1n) is 3.99. The third-order valence-corrected chi connectivity index (χ3v) is 2.08. The van der Waals surface area contributed by atoms with Gasteiger partial charge in [0.05, 0.1) is 6.61 Å². The van der Waals surface area contributed by atoms with Crippen LogP contribution in [0, 0.1) is 0 Å². The van der Waals surface area contributed by atoms with Gasteiger partial charge in [0.2, 0.25) is 0 Å². The predicted molar refractivity (Wildman–Crippen MR) is 44.9 cm³/mol. The summed E-state index contributed by atoms with van der Waals surface area (Å²) < 4.78 is 5.08. The average Bonchev–Trinajstić information content (AvgIpc) is 2.88. The largest absolute Gasteiger partial charge is 0.361 e. The van der Waals surface area contributed by atoms with Crippen LogP contribution in [-0.4, -0.2) is 18.5 Å². The molecular formula is C10H10O2. The lowest BCUT2D eigenvalue weighted by molar-refractivity contribution is -0.112. The van der Waals surface area contributed by atoms with E-state index in [2.05, 4.69) is 0 Å². The SMILES string of the molecule is O=CC1(Cc2ccccc2)CO1. The van der Waals surface area contributed by atoms with Gasteiger partial charge in [-0.05, 0) is 5.56 Å². The van der Waals surface area contributed by atoms with E-state index in [4.69, 9.17) is 4.74 Å². The van der Waals surface area contributed by atoms with Gasteiger partial charge in [0.15, 0.2) is 11.9 Å². The van der Waals surface area contributed by atoms with Crippen LogP contribution in [0.2, 0.25) is 0 Å². The zero-order valence-electron chi connectivity index (χ0n) is 6.69. The third kappa shape index (κ3) is 1.38. The fraction of sp³-hybridized carbons (Fsp3) is 0.300. The van der Waals surface area contributed by atoms with E-state index >= 15 is 0 Å². The highest BCUT2D eigenvalue weighted by molar-refractivity contribution is 5.67. The molecule has 0 aromatic heterocycles. The molecule has 1 aliphatic rings. The molecule has 0 radical (unpaired) electrons. The summed E-state index contributed by atoms with van der Waals surface area (Å²) in [6.45, 7) is 0.575. The topological polar surface area (TPSA) is 29.6 Å². The van der Waals surface area contributed by atoms with Gasteiger partial charge in [-0.15, -0.1) is 0 Å². The summed E-state index contributed by atoms with van der Waals surface area (Å²) in [5.74, 6) is 0. The maximum atomic E-state index is 10.6. The summed E-state index contributed by atoms with van der Waals surface area (Å²) in [5, 5.41) is 0. The number of hydrogen-bond donors (Lipinski definition) is 0. The Labute approximate surface area is 71.2 Å². The van der Waals surface area contributed by atoms with E-state index in [-0.39, 0.29) is 0 Å². The number of epoxide rings is 1. The van der Waals surface area contributed by atoms with Gasteiger partial charge in [-0.2, -0.15) is 0 Å². The second-order valence-electron chi connectivity index (χ2n) is 3.13. The van der Waals surface area contributed by atoms with E-state index < -0.39 is 5.60 Å². The van der Waals surface area contributed by atoms with Crippen LogP contribution in [0.25, 0.3) is 0 Å². The number of benzene rings is 1. The van der Waals surface area contributed by atoms with Crippen molar-refractivity contribution >= 4 is 6.29 Å². The van der Waals surface area contributed by atoms with Crippen molar-refractivity contribution in [3.05, 3.63) is 35.9 Å². The molecular weight excluding hydrogens is 152 g/mol. The highest BCUT2D eigenvalue weighted by atomic mass is 16.6. The van der Waals surface area contributed by atoms with Crippen LogP contribution in [0.5, 0.6) is 0 Å². The van der Waals surface area contributed by atoms with Crippen molar-refractivity contribution < 1.29 is 9.53 Å². The minimum atomic E-state index is -0.485. The minimum absolute atomic E-state index is 0.485. The number of aldehydes is 1.